The first-order chi connectivity index (χ1) is 17.9. The lowest BCUT2D eigenvalue weighted by atomic mass is 10.1. The molecule has 0 saturated carbocycles. The van der Waals surface area contributed by atoms with Crippen LogP contribution in [0.5, 0.6) is 0 Å². The predicted molar refractivity (Wildman–Crippen MR) is 144 cm³/mol. The van der Waals surface area contributed by atoms with Gasteiger partial charge in [0.2, 0.25) is 0 Å². The zero-order chi connectivity index (χ0) is 26.0. The molecule has 36 heavy (non-hydrogen) atoms. The summed E-state index contributed by atoms with van der Waals surface area (Å²) in [6.07, 6.45) is 16.4. The quantitative estimate of drug-likeness (QED) is 0.123. The van der Waals surface area contributed by atoms with Crippen molar-refractivity contribution in [3.63, 3.8) is 0 Å². The van der Waals surface area contributed by atoms with Crippen LogP contribution in [0.1, 0.15) is 84.0 Å². The van der Waals surface area contributed by atoms with Crippen LogP contribution in [0.2, 0.25) is 0 Å². The maximum atomic E-state index is 8.56. The highest BCUT2D eigenvalue weighted by Gasteiger charge is 1.96. The summed E-state index contributed by atoms with van der Waals surface area (Å²) in [4.78, 5) is 0. The van der Waals surface area contributed by atoms with Gasteiger partial charge in [-0.25, -0.2) is 0 Å². The Morgan fingerprint density at radius 2 is 0.556 bits per heavy atom. The SMILES string of the molecule is CCCCCCCCCCCCCCOCCOCCOCCOCCOCCOCCOCCO. The van der Waals surface area contributed by atoms with Crippen molar-refractivity contribution in [1.82, 2.24) is 0 Å². The highest BCUT2D eigenvalue weighted by molar-refractivity contribution is 4.48. The highest BCUT2D eigenvalue weighted by Crippen LogP contribution is 2.11. The van der Waals surface area contributed by atoms with Crippen molar-refractivity contribution in [2.24, 2.45) is 0 Å². The first-order valence-electron chi connectivity index (χ1n) is 14.6. The van der Waals surface area contributed by atoms with Gasteiger partial charge in [-0.1, -0.05) is 77.6 Å². The van der Waals surface area contributed by atoms with E-state index < -0.39 is 0 Å². The van der Waals surface area contributed by atoms with Gasteiger partial charge in [0.15, 0.2) is 0 Å². The van der Waals surface area contributed by atoms with E-state index in [1.165, 1.54) is 70.6 Å². The molecule has 8 nitrogen and oxygen atoms in total. The molecule has 0 unspecified atom stereocenters. The Balaban J connectivity index is 3.00. The van der Waals surface area contributed by atoms with Crippen molar-refractivity contribution in [2.45, 2.75) is 84.0 Å². The van der Waals surface area contributed by atoms with Gasteiger partial charge in [0.25, 0.3) is 0 Å². The van der Waals surface area contributed by atoms with Gasteiger partial charge in [0.05, 0.1) is 92.5 Å². The van der Waals surface area contributed by atoms with Crippen molar-refractivity contribution in [1.29, 1.82) is 0 Å². The summed E-state index contributed by atoms with van der Waals surface area (Å²) in [7, 11) is 0. The number of aliphatic hydroxyl groups excluding tert-OH is 1. The van der Waals surface area contributed by atoms with Gasteiger partial charge in [0.1, 0.15) is 0 Å². The molecule has 0 amide bonds. The second kappa shape index (κ2) is 34.7. The zero-order valence-corrected chi connectivity index (χ0v) is 23.4. The zero-order valence-electron chi connectivity index (χ0n) is 23.4. The molecule has 0 fully saturated rings. The largest absolute Gasteiger partial charge is 0.394 e. The number of ether oxygens (including phenoxy) is 7. The smallest absolute Gasteiger partial charge is 0.0701 e. The summed E-state index contributed by atoms with van der Waals surface area (Å²) in [6.45, 7) is 10.1. The average molecular weight is 523 g/mol. The molecule has 0 saturated heterocycles. The second-order valence-corrected chi connectivity index (χ2v) is 8.90. The van der Waals surface area contributed by atoms with Crippen LogP contribution in [0, 0.1) is 0 Å². The van der Waals surface area contributed by atoms with Gasteiger partial charge in [-0.2, -0.15) is 0 Å². The molecule has 0 bridgehead atoms. The van der Waals surface area contributed by atoms with Crippen LogP contribution in [0.4, 0.5) is 0 Å². The molecule has 0 aliphatic rings. The highest BCUT2D eigenvalue weighted by atomic mass is 16.6. The fourth-order valence-corrected chi connectivity index (χ4v) is 3.53. The van der Waals surface area contributed by atoms with Crippen LogP contribution in [0.25, 0.3) is 0 Å². The summed E-state index contributed by atoms with van der Waals surface area (Å²) in [6, 6.07) is 0. The van der Waals surface area contributed by atoms with Crippen LogP contribution in [-0.2, 0) is 33.2 Å². The number of rotatable bonds is 33. The van der Waals surface area contributed by atoms with Gasteiger partial charge in [-0.3, -0.25) is 0 Å². The van der Waals surface area contributed by atoms with E-state index >= 15 is 0 Å². The monoisotopic (exact) mass is 522 g/mol. The van der Waals surface area contributed by atoms with Gasteiger partial charge >= 0.3 is 0 Å². The molecule has 0 rings (SSSR count). The van der Waals surface area contributed by atoms with Gasteiger partial charge in [0, 0.05) is 6.61 Å². The summed E-state index contributed by atoms with van der Waals surface area (Å²) in [5, 5.41) is 8.56. The first kappa shape index (κ1) is 35.7. The van der Waals surface area contributed by atoms with Gasteiger partial charge in [-0.05, 0) is 6.42 Å². The summed E-state index contributed by atoms with van der Waals surface area (Å²) < 4.78 is 37.9. The average Bonchev–Trinajstić information content (AvgIpc) is 2.89. The van der Waals surface area contributed by atoms with Crippen LogP contribution in [-0.4, -0.2) is 104 Å². The molecule has 0 heterocycles. The minimum absolute atomic E-state index is 0.0386. The molecule has 218 valence electrons. The Morgan fingerprint density at radius 3 is 0.861 bits per heavy atom. The summed E-state index contributed by atoms with van der Waals surface area (Å²) in [5.74, 6) is 0. The lowest BCUT2D eigenvalue weighted by molar-refractivity contribution is -0.0215. The van der Waals surface area contributed by atoms with E-state index in [9.17, 15) is 0 Å². The fraction of sp³-hybridized carbons (Fsp3) is 1.00. The van der Waals surface area contributed by atoms with E-state index in [1.807, 2.05) is 0 Å². The lowest BCUT2D eigenvalue weighted by Gasteiger charge is -2.08. The third kappa shape index (κ3) is 33.7. The number of hydrogen-bond acceptors (Lipinski definition) is 8. The lowest BCUT2D eigenvalue weighted by Crippen LogP contribution is -2.14. The predicted octanol–water partition coefficient (Wildman–Crippen LogP) is 4.80. The van der Waals surface area contributed by atoms with Crippen LogP contribution in [0.15, 0.2) is 0 Å². The molecule has 1 N–H and O–H groups in total. The van der Waals surface area contributed by atoms with E-state index in [0.717, 1.165) is 13.0 Å². The Labute approximate surface area is 221 Å². The number of aliphatic hydroxyl groups is 1. The molecule has 0 spiro atoms. The Kier molecular flexibility index (Phi) is 34.4. The molecule has 0 aliphatic heterocycles. The molecule has 0 aromatic heterocycles. The topological polar surface area (TPSA) is 84.8 Å². The van der Waals surface area contributed by atoms with E-state index in [1.54, 1.807) is 0 Å². The van der Waals surface area contributed by atoms with Gasteiger partial charge < -0.3 is 38.3 Å². The van der Waals surface area contributed by atoms with Crippen LogP contribution < -0.4 is 0 Å². The van der Waals surface area contributed by atoms with Crippen molar-refractivity contribution < 1.29 is 38.3 Å². The van der Waals surface area contributed by atoms with Gasteiger partial charge in [-0.15, -0.1) is 0 Å². The number of hydrogen-bond donors (Lipinski definition) is 1. The number of unbranched alkanes of at least 4 members (excludes halogenated alkanes) is 11. The fourth-order valence-electron chi connectivity index (χ4n) is 3.53. The van der Waals surface area contributed by atoms with E-state index in [4.69, 9.17) is 38.3 Å². The molecule has 0 aliphatic carbocycles. The minimum Gasteiger partial charge on any atom is -0.394 e. The van der Waals surface area contributed by atoms with Crippen molar-refractivity contribution in [3.05, 3.63) is 0 Å². The molecule has 0 aromatic rings. The van der Waals surface area contributed by atoms with E-state index in [2.05, 4.69) is 6.92 Å². The first-order valence-corrected chi connectivity index (χ1v) is 14.6. The molecule has 8 heteroatoms. The van der Waals surface area contributed by atoms with E-state index in [0.29, 0.717) is 85.9 Å². The molecular formula is C28H58O8. The molecular weight excluding hydrogens is 464 g/mol. The van der Waals surface area contributed by atoms with Crippen LogP contribution >= 0.6 is 0 Å². The normalized spacial score (nSPS) is 11.5. The summed E-state index contributed by atoms with van der Waals surface area (Å²) in [5.41, 5.74) is 0. The maximum absolute atomic E-state index is 8.56. The van der Waals surface area contributed by atoms with Crippen LogP contribution in [0.3, 0.4) is 0 Å². The Hall–Kier alpha value is -0.320. The third-order valence-corrected chi connectivity index (χ3v) is 5.61. The summed E-state index contributed by atoms with van der Waals surface area (Å²) >= 11 is 0. The molecule has 0 aromatic carbocycles. The molecule has 0 atom stereocenters. The second-order valence-electron chi connectivity index (χ2n) is 8.90. The Bertz CT molecular complexity index is 339. The van der Waals surface area contributed by atoms with Crippen molar-refractivity contribution in [2.75, 3.05) is 99.1 Å². The standard InChI is InChI=1S/C28H58O8/c1-2-3-4-5-6-7-8-9-10-11-12-13-15-30-17-19-32-21-23-34-25-27-36-28-26-35-24-22-33-20-18-31-16-14-29/h29H,2-28H2,1H3. The van der Waals surface area contributed by atoms with Crippen molar-refractivity contribution >= 4 is 0 Å². The van der Waals surface area contributed by atoms with Crippen molar-refractivity contribution in [3.8, 4) is 0 Å². The van der Waals surface area contributed by atoms with E-state index in [-0.39, 0.29) is 6.61 Å². The minimum atomic E-state index is 0.0386. The third-order valence-electron chi connectivity index (χ3n) is 5.61. The molecule has 0 radical (unpaired) electrons. The Morgan fingerprint density at radius 1 is 0.306 bits per heavy atom. The maximum Gasteiger partial charge on any atom is 0.0701 e.